The van der Waals surface area contributed by atoms with Gasteiger partial charge in [0.25, 0.3) is 5.91 Å². The van der Waals surface area contributed by atoms with E-state index in [-0.39, 0.29) is 17.7 Å². The van der Waals surface area contributed by atoms with Gasteiger partial charge in [0.05, 0.1) is 23.3 Å². The van der Waals surface area contributed by atoms with Crippen LogP contribution in [-0.4, -0.2) is 64.8 Å². The number of carbonyl (C=O) groups is 2. The first kappa shape index (κ1) is 22.1. The van der Waals surface area contributed by atoms with Crippen LogP contribution in [0.3, 0.4) is 0 Å². The Morgan fingerprint density at radius 3 is 2.57 bits per heavy atom. The maximum Gasteiger partial charge on any atom is 0.261 e. The Labute approximate surface area is 171 Å². The van der Waals surface area contributed by atoms with Gasteiger partial charge in [-0.25, -0.2) is 4.98 Å². The minimum atomic E-state index is -0.555. The van der Waals surface area contributed by atoms with Crippen LogP contribution in [0.4, 0.5) is 0 Å². The van der Waals surface area contributed by atoms with Gasteiger partial charge >= 0.3 is 0 Å². The van der Waals surface area contributed by atoms with Gasteiger partial charge in [0.2, 0.25) is 5.91 Å². The molecule has 2 heterocycles. The van der Waals surface area contributed by atoms with E-state index in [9.17, 15) is 9.59 Å². The molecule has 2 aromatic heterocycles. The highest BCUT2D eigenvalue weighted by atomic mass is 32.1. The lowest BCUT2D eigenvalue weighted by Gasteiger charge is -2.29. The number of hydrogen-bond acceptors (Lipinski definition) is 5. The number of nitrogens with zero attached hydrogens (tertiary/aromatic N) is 3. The molecule has 0 saturated heterocycles. The van der Waals surface area contributed by atoms with E-state index in [4.69, 9.17) is 0 Å². The van der Waals surface area contributed by atoms with Crippen LogP contribution in [0.2, 0.25) is 0 Å². The number of aromatic amines is 1. The second-order valence-corrected chi connectivity index (χ2v) is 8.64. The van der Waals surface area contributed by atoms with Crippen LogP contribution in [0.5, 0.6) is 0 Å². The molecular formula is C20H31N5O2S. The molecule has 1 unspecified atom stereocenters. The number of amides is 2. The standard InChI is InChI=1S/C20H31N5O2S/c1-14(2)11-17(23-19(26)18-7-6-10-28-18)20(27)25(9-8-24(4)5)13-16-12-21-15(3)22-16/h6-7,10,12,14,17H,8-9,11,13H2,1-5H3,(H,21,22)(H,23,26). The van der Waals surface area contributed by atoms with Crippen molar-refractivity contribution in [1.82, 2.24) is 25.1 Å². The third-order valence-electron chi connectivity index (χ3n) is 4.30. The monoisotopic (exact) mass is 405 g/mol. The molecule has 0 aromatic carbocycles. The molecule has 2 N–H and O–H groups in total. The molecule has 2 aromatic rings. The Morgan fingerprint density at radius 2 is 2.04 bits per heavy atom. The minimum absolute atomic E-state index is 0.0623. The van der Waals surface area contributed by atoms with Crippen LogP contribution >= 0.6 is 11.3 Å². The van der Waals surface area contributed by atoms with Crippen LogP contribution in [0, 0.1) is 12.8 Å². The zero-order valence-electron chi connectivity index (χ0n) is 17.4. The van der Waals surface area contributed by atoms with Crippen molar-refractivity contribution in [3.8, 4) is 0 Å². The van der Waals surface area contributed by atoms with Gasteiger partial charge in [0, 0.05) is 13.1 Å². The van der Waals surface area contributed by atoms with Crippen LogP contribution in [0.25, 0.3) is 0 Å². The Bertz CT molecular complexity index is 754. The quantitative estimate of drug-likeness (QED) is 0.636. The number of aryl methyl sites for hydroxylation is 1. The summed E-state index contributed by atoms with van der Waals surface area (Å²) in [5.74, 6) is 0.842. The number of thiophene rings is 1. The summed E-state index contributed by atoms with van der Waals surface area (Å²) in [7, 11) is 3.96. The SMILES string of the molecule is Cc1ncc(CN(CCN(C)C)C(=O)C(CC(C)C)NC(=O)c2cccs2)[nH]1. The highest BCUT2D eigenvalue weighted by Crippen LogP contribution is 2.14. The van der Waals surface area contributed by atoms with Crippen LogP contribution in [-0.2, 0) is 11.3 Å². The van der Waals surface area contributed by atoms with E-state index in [1.807, 2.05) is 37.4 Å². The lowest BCUT2D eigenvalue weighted by molar-refractivity contribution is -0.134. The fourth-order valence-corrected chi connectivity index (χ4v) is 3.52. The fourth-order valence-electron chi connectivity index (χ4n) is 2.90. The number of hydrogen-bond donors (Lipinski definition) is 2. The summed E-state index contributed by atoms with van der Waals surface area (Å²) in [5.41, 5.74) is 0.887. The number of H-pyrrole nitrogens is 1. The molecule has 0 fully saturated rings. The second kappa shape index (κ2) is 10.4. The Hall–Kier alpha value is -2.19. The Balaban J connectivity index is 2.17. The summed E-state index contributed by atoms with van der Waals surface area (Å²) >= 11 is 1.37. The summed E-state index contributed by atoms with van der Waals surface area (Å²) in [6.45, 7) is 7.76. The van der Waals surface area contributed by atoms with Crippen molar-refractivity contribution in [1.29, 1.82) is 0 Å². The average Bonchev–Trinajstić information content (AvgIpc) is 3.28. The van der Waals surface area contributed by atoms with Gasteiger partial charge in [-0.3, -0.25) is 9.59 Å². The van der Waals surface area contributed by atoms with E-state index in [1.165, 1.54) is 11.3 Å². The number of imidazole rings is 1. The van der Waals surface area contributed by atoms with Crippen molar-refractivity contribution >= 4 is 23.2 Å². The van der Waals surface area contributed by atoms with E-state index >= 15 is 0 Å². The van der Waals surface area contributed by atoms with Gasteiger partial charge in [0.1, 0.15) is 11.9 Å². The first-order valence-electron chi connectivity index (χ1n) is 9.54. The molecule has 2 rings (SSSR count). The van der Waals surface area contributed by atoms with Gasteiger partial charge in [0.15, 0.2) is 0 Å². The second-order valence-electron chi connectivity index (χ2n) is 7.69. The largest absolute Gasteiger partial charge is 0.345 e. The first-order chi connectivity index (χ1) is 13.3. The molecule has 28 heavy (non-hydrogen) atoms. The maximum absolute atomic E-state index is 13.4. The third kappa shape index (κ3) is 6.76. The Morgan fingerprint density at radius 1 is 1.29 bits per heavy atom. The van der Waals surface area contributed by atoms with Crippen molar-refractivity contribution in [2.24, 2.45) is 5.92 Å². The molecule has 0 radical (unpaired) electrons. The molecule has 1 atom stereocenters. The van der Waals surface area contributed by atoms with Gasteiger partial charge in [-0.1, -0.05) is 19.9 Å². The van der Waals surface area contributed by atoms with E-state index in [2.05, 4.69) is 29.1 Å². The van der Waals surface area contributed by atoms with E-state index in [0.29, 0.717) is 24.4 Å². The normalized spacial score (nSPS) is 12.4. The predicted octanol–water partition coefficient (Wildman–Crippen LogP) is 2.51. The highest BCUT2D eigenvalue weighted by Gasteiger charge is 2.27. The van der Waals surface area contributed by atoms with Crippen molar-refractivity contribution < 1.29 is 9.59 Å². The lowest BCUT2D eigenvalue weighted by Crippen LogP contribution is -2.50. The van der Waals surface area contributed by atoms with Crippen LogP contribution in [0.15, 0.2) is 23.7 Å². The number of carbonyl (C=O) groups excluding carboxylic acids is 2. The number of aromatic nitrogens is 2. The van der Waals surface area contributed by atoms with Crippen LogP contribution < -0.4 is 5.32 Å². The smallest absolute Gasteiger partial charge is 0.261 e. The molecule has 0 bridgehead atoms. The summed E-state index contributed by atoms with van der Waals surface area (Å²) in [4.78, 5) is 37.8. The van der Waals surface area contributed by atoms with Gasteiger partial charge < -0.3 is 20.1 Å². The molecule has 0 aliphatic heterocycles. The van der Waals surface area contributed by atoms with Crippen molar-refractivity contribution in [2.75, 3.05) is 27.2 Å². The van der Waals surface area contributed by atoms with Gasteiger partial charge in [-0.15, -0.1) is 11.3 Å². The zero-order chi connectivity index (χ0) is 20.7. The average molecular weight is 406 g/mol. The first-order valence-corrected chi connectivity index (χ1v) is 10.4. The molecule has 154 valence electrons. The maximum atomic E-state index is 13.4. The molecule has 8 heteroatoms. The third-order valence-corrected chi connectivity index (χ3v) is 5.17. The van der Waals surface area contributed by atoms with Gasteiger partial charge in [-0.2, -0.15) is 0 Å². The number of nitrogens with one attached hydrogen (secondary N) is 2. The molecule has 0 aliphatic rings. The summed E-state index contributed by atoms with van der Waals surface area (Å²) in [5, 5.41) is 4.81. The van der Waals surface area contributed by atoms with Crippen molar-refractivity contribution in [3.05, 3.63) is 40.1 Å². The predicted molar refractivity (Wildman–Crippen MR) is 112 cm³/mol. The fraction of sp³-hybridized carbons (Fsp3) is 0.550. The molecule has 2 amide bonds. The molecule has 7 nitrogen and oxygen atoms in total. The van der Waals surface area contributed by atoms with Gasteiger partial charge in [-0.05, 0) is 44.8 Å². The highest BCUT2D eigenvalue weighted by molar-refractivity contribution is 7.12. The molecular weight excluding hydrogens is 374 g/mol. The summed E-state index contributed by atoms with van der Waals surface area (Å²) < 4.78 is 0. The van der Waals surface area contributed by atoms with Crippen LogP contribution in [0.1, 0.15) is 41.5 Å². The summed E-state index contributed by atoms with van der Waals surface area (Å²) in [6.07, 6.45) is 2.35. The number of rotatable bonds is 10. The van der Waals surface area contributed by atoms with Crippen molar-refractivity contribution in [3.63, 3.8) is 0 Å². The summed E-state index contributed by atoms with van der Waals surface area (Å²) in [6, 6.07) is 3.05. The zero-order valence-corrected chi connectivity index (χ0v) is 18.2. The minimum Gasteiger partial charge on any atom is -0.345 e. The number of likely N-dealkylation sites (N-methyl/N-ethyl adjacent to an activating group) is 1. The Kier molecular flexibility index (Phi) is 8.19. The molecule has 0 aliphatic carbocycles. The van der Waals surface area contributed by atoms with E-state index < -0.39 is 6.04 Å². The van der Waals surface area contributed by atoms with Crippen molar-refractivity contribution in [2.45, 2.75) is 39.8 Å². The lowest BCUT2D eigenvalue weighted by atomic mass is 10.0. The van der Waals surface area contributed by atoms with E-state index in [1.54, 1.807) is 17.2 Å². The molecule has 0 spiro atoms. The topological polar surface area (TPSA) is 81.3 Å². The molecule has 0 saturated carbocycles. The van der Waals surface area contributed by atoms with E-state index in [0.717, 1.165) is 18.1 Å².